The summed E-state index contributed by atoms with van der Waals surface area (Å²) in [5.41, 5.74) is 0.698. The van der Waals surface area contributed by atoms with Crippen LogP contribution in [0.5, 0.6) is 0 Å². The van der Waals surface area contributed by atoms with Crippen LogP contribution >= 0.6 is 23.4 Å². The minimum absolute atomic E-state index is 0.0544. The van der Waals surface area contributed by atoms with E-state index in [-0.39, 0.29) is 10.7 Å². The van der Waals surface area contributed by atoms with Crippen LogP contribution in [0.3, 0.4) is 0 Å². The molecule has 2 heterocycles. The van der Waals surface area contributed by atoms with Crippen LogP contribution in [0.2, 0.25) is 5.02 Å². The summed E-state index contributed by atoms with van der Waals surface area (Å²) in [4.78, 5) is 18.9. The Labute approximate surface area is 134 Å². The van der Waals surface area contributed by atoms with Gasteiger partial charge in [-0.05, 0) is 30.0 Å². The number of nitrogens with zero attached hydrogens (tertiary/aromatic N) is 4. The van der Waals surface area contributed by atoms with Gasteiger partial charge in [-0.15, -0.1) is 0 Å². The fourth-order valence-corrected chi connectivity index (χ4v) is 3.01. The van der Waals surface area contributed by atoms with Crippen molar-refractivity contribution >= 4 is 29.1 Å². The third kappa shape index (κ3) is 2.81. The molecule has 3 rings (SSSR count). The molecule has 0 aliphatic heterocycles. The van der Waals surface area contributed by atoms with Crippen molar-refractivity contribution in [3.63, 3.8) is 0 Å². The van der Waals surface area contributed by atoms with Crippen molar-refractivity contribution in [2.45, 2.75) is 10.2 Å². The van der Waals surface area contributed by atoms with Crippen LogP contribution in [0.25, 0.3) is 5.69 Å². The van der Waals surface area contributed by atoms with E-state index in [4.69, 9.17) is 11.6 Å². The standard InChI is InChI=1S/C14H9ClN4O2S/c15-10-4-1-2-5-11(10)18-9-8-17-14(18)22-13-12(19(20)21)6-3-7-16-13/h1-9H. The van der Waals surface area contributed by atoms with Gasteiger partial charge in [0.15, 0.2) is 10.2 Å². The second kappa shape index (κ2) is 6.17. The molecule has 0 saturated carbocycles. The van der Waals surface area contributed by atoms with E-state index in [1.54, 1.807) is 23.0 Å². The van der Waals surface area contributed by atoms with Gasteiger partial charge in [-0.3, -0.25) is 14.7 Å². The first-order chi connectivity index (χ1) is 10.7. The maximum atomic E-state index is 11.1. The first-order valence-corrected chi connectivity index (χ1v) is 7.42. The summed E-state index contributed by atoms with van der Waals surface area (Å²) in [5, 5.41) is 12.5. The zero-order valence-corrected chi connectivity index (χ0v) is 12.7. The van der Waals surface area contributed by atoms with Crippen molar-refractivity contribution in [1.82, 2.24) is 14.5 Å². The van der Waals surface area contributed by atoms with Crippen LogP contribution in [0.4, 0.5) is 5.69 Å². The van der Waals surface area contributed by atoms with E-state index >= 15 is 0 Å². The average molecular weight is 333 g/mol. The molecule has 0 bridgehead atoms. The number of benzene rings is 1. The van der Waals surface area contributed by atoms with Gasteiger partial charge in [0, 0.05) is 24.7 Å². The molecule has 1 aromatic carbocycles. The van der Waals surface area contributed by atoms with E-state index in [1.165, 1.54) is 18.3 Å². The second-order valence-electron chi connectivity index (χ2n) is 4.22. The van der Waals surface area contributed by atoms with Crippen molar-refractivity contribution < 1.29 is 4.92 Å². The predicted octanol–water partition coefficient (Wildman–Crippen LogP) is 3.98. The molecule has 0 fully saturated rings. The number of hydrogen-bond acceptors (Lipinski definition) is 5. The topological polar surface area (TPSA) is 73.8 Å². The Morgan fingerprint density at radius 2 is 1.95 bits per heavy atom. The zero-order chi connectivity index (χ0) is 15.5. The minimum Gasteiger partial charge on any atom is -0.293 e. The third-order valence-corrected chi connectivity index (χ3v) is 4.17. The number of rotatable bonds is 4. The molecule has 0 N–H and O–H groups in total. The number of hydrogen-bond donors (Lipinski definition) is 0. The number of para-hydroxylation sites is 1. The molecule has 6 nitrogen and oxygen atoms in total. The summed E-state index contributed by atoms with van der Waals surface area (Å²) >= 11 is 7.31. The monoisotopic (exact) mass is 332 g/mol. The number of halogens is 1. The molecule has 0 radical (unpaired) electrons. The molecule has 0 aliphatic carbocycles. The zero-order valence-electron chi connectivity index (χ0n) is 11.1. The summed E-state index contributed by atoms with van der Waals surface area (Å²) in [5.74, 6) is 0. The molecule has 0 unspecified atom stereocenters. The molecule has 2 aromatic heterocycles. The van der Waals surface area contributed by atoms with Gasteiger partial charge in [0.05, 0.1) is 15.6 Å². The number of nitro groups is 1. The van der Waals surface area contributed by atoms with Crippen molar-refractivity contribution in [1.29, 1.82) is 0 Å². The normalized spacial score (nSPS) is 10.6. The van der Waals surface area contributed by atoms with Gasteiger partial charge >= 0.3 is 5.69 Å². The van der Waals surface area contributed by atoms with Crippen LogP contribution in [0, 0.1) is 10.1 Å². The third-order valence-electron chi connectivity index (χ3n) is 2.85. The number of pyridine rings is 1. The summed E-state index contributed by atoms with van der Waals surface area (Å²) in [6, 6.07) is 10.3. The smallest absolute Gasteiger partial charge is 0.293 e. The van der Waals surface area contributed by atoms with Crippen LogP contribution in [0.15, 0.2) is 65.2 Å². The van der Waals surface area contributed by atoms with Crippen molar-refractivity contribution in [3.8, 4) is 5.69 Å². The Hall–Kier alpha value is -2.38. The second-order valence-corrected chi connectivity index (χ2v) is 5.58. The van der Waals surface area contributed by atoms with Crippen LogP contribution in [0.1, 0.15) is 0 Å². The van der Waals surface area contributed by atoms with Crippen molar-refractivity contribution in [3.05, 3.63) is 70.1 Å². The fourth-order valence-electron chi connectivity index (χ4n) is 1.88. The molecule has 0 saturated heterocycles. The highest BCUT2D eigenvalue weighted by Crippen LogP contribution is 2.33. The predicted molar refractivity (Wildman–Crippen MR) is 83.6 cm³/mol. The SMILES string of the molecule is O=[N+]([O-])c1cccnc1Sc1nccn1-c1ccccc1Cl. The van der Waals surface area contributed by atoms with Crippen LogP contribution in [-0.2, 0) is 0 Å². The number of imidazole rings is 1. The highest BCUT2D eigenvalue weighted by atomic mass is 35.5. The maximum Gasteiger partial charge on any atom is 0.301 e. The summed E-state index contributed by atoms with van der Waals surface area (Å²) in [6.45, 7) is 0. The molecule has 0 aliphatic rings. The summed E-state index contributed by atoms with van der Waals surface area (Å²) < 4.78 is 1.77. The summed E-state index contributed by atoms with van der Waals surface area (Å²) in [6.07, 6.45) is 4.87. The lowest BCUT2D eigenvalue weighted by molar-refractivity contribution is -0.388. The lowest BCUT2D eigenvalue weighted by atomic mass is 10.3. The van der Waals surface area contributed by atoms with Gasteiger partial charge in [-0.1, -0.05) is 23.7 Å². The largest absolute Gasteiger partial charge is 0.301 e. The van der Waals surface area contributed by atoms with Gasteiger partial charge in [0.25, 0.3) is 0 Å². The van der Waals surface area contributed by atoms with Crippen molar-refractivity contribution in [2.24, 2.45) is 0 Å². The molecule has 0 atom stereocenters. The molecule has 110 valence electrons. The first-order valence-electron chi connectivity index (χ1n) is 6.22. The fraction of sp³-hybridized carbons (Fsp3) is 0. The van der Waals surface area contributed by atoms with Gasteiger partial charge in [-0.2, -0.15) is 0 Å². The van der Waals surface area contributed by atoms with Gasteiger partial charge in [-0.25, -0.2) is 9.97 Å². The Balaban J connectivity index is 2.01. The molecule has 0 spiro atoms. The van der Waals surface area contributed by atoms with E-state index in [0.717, 1.165) is 17.4 Å². The van der Waals surface area contributed by atoms with E-state index in [1.807, 2.05) is 18.2 Å². The van der Waals surface area contributed by atoms with Crippen LogP contribution in [-0.4, -0.2) is 19.5 Å². The van der Waals surface area contributed by atoms with E-state index in [0.29, 0.717) is 10.2 Å². The van der Waals surface area contributed by atoms with Crippen molar-refractivity contribution in [2.75, 3.05) is 0 Å². The first kappa shape index (κ1) is 14.6. The Morgan fingerprint density at radius 3 is 2.73 bits per heavy atom. The van der Waals surface area contributed by atoms with E-state index in [2.05, 4.69) is 9.97 Å². The van der Waals surface area contributed by atoms with Gasteiger partial charge < -0.3 is 0 Å². The molecule has 0 amide bonds. The highest BCUT2D eigenvalue weighted by molar-refractivity contribution is 7.99. The maximum absolute atomic E-state index is 11.1. The molecule has 22 heavy (non-hydrogen) atoms. The molecular formula is C14H9ClN4O2S. The molecule has 3 aromatic rings. The Morgan fingerprint density at radius 1 is 1.14 bits per heavy atom. The van der Waals surface area contributed by atoms with Gasteiger partial charge in [0.1, 0.15) is 0 Å². The van der Waals surface area contributed by atoms with Gasteiger partial charge in [0.2, 0.25) is 0 Å². The van der Waals surface area contributed by atoms with E-state index < -0.39 is 4.92 Å². The van der Waals surface area contributed by atoms with Crippen LogP contribution < -0.4 is 0 Å². The van der Waals surface area contributed by atoms with E-state index in [9.17, 15) is 10.1 Å². The lowest BCUT2D eigenvalue weighted by Crippen LogP contribution is -1.98. The molecule has 8 heteroatoms. The Kier molecular flexibility index (Phi) is 4.08. The Bertz CT molecular complexity index is 837. The minimum atomic E-state index is -0.460. The quantitative estimate of drug-likeness (QED) is 0.533. The lowest BCUT2D eigenvalue weighted by Gasteiger charge is -2.08. The highest BCUT2D eigenvalue weighted by Gasteiger charge is 2.18. The number of aromatic nitrogens is 3. The summed E-state index contributed by atoms with van der Waals surface area (Å²) in [7, 11) is 0. The average Bonchev–Trinajstić information content (AvgIpc) is 2.96. The molecular weight excluding hydrogens is 324 g/mol.